The highest BCUT2D eigenvalue weighted by atomic mass is 32.2. The van der Waals surface area contributed by atoms with Crippen molar-refractivity contribution in [1.82, 2.24) is 35.2 Å². The maximum atomic E-state index is 12.7. The summed E-state index contributed by atoms with van der Waals surface area (Å²) in [5, 5.41) is 21.8. The average Bonchev–Trinajstić information content (AvgIpc) is 3.83. The van der Waals surface area contributed by atoms with Gasteiger partial charge in [0.15, 0.2) is 21.3 Å². The number of aromatic nitrogens is 5. The van der Waals surface area contributed by atoms with Gasteiger partial charge in [-0.1, -0.05) is 19.1 Å². The molecule has 0 spiro atoms. The number of nitrogens with zero attached hydrogens (tertiary/aromatic N) is 7. The molecule has 3 aliphatic rings. The minimum absolute atomic E-state index is 0.000470. The molecule has 3 N–H and O–H groups in total. The van der Waals surface area contributed by atoms with Gasteiger partial charge in [-0.15, -0.1) is 10.2 Å². The zero-order chi connectivity index (χ0) is 32.9. The van der Waals surface area contributed by atoms with Crippen molar-refractivity contribution in [3.63, 3.8) is 0 Å². The van der Waals surface area contributed by atoms with Crippen LogP contribution in [-0.2, 0) is 27.7 Å². The van der Waals surface area contributed by atoms with Crippen LogP contribution in [0.2, 0.25) is 0 Å². The summed E-state index contributed by atoms with van der Waals surface area (Å²) in [6.45, 7) is 4.38. The highest BCUT2D eigenvalue weighted by Gasteiger charge is 2.35. The van der Waals surface area contributed by atoms with Gasteiger partial charge in [0.2, 0.25) is 5.91 Å². The number of likely N-dealkylation sites (tertiary alicyclic amines) is 1. The number of anilines is 4. The maximum absolute atomic E-state index is 12.7. The fourth-order valence-corrected chi connectivity index (χ4v) is 7.09. The quantitative estimate of drug-likeness (QED) is 0.230. The maximum Gasteiger partial charge on any atom is 0.273 e. The van der Waals surface area contributed by atoms with Gasteiger partial charge in [0.05, 0.1) is 57.9 Å². The Morgan fingerprint density at radius 2 is 1.85 bits per heavy atom. The Morgan fingerprint density at radius 1 is 1.04 bits per heavy atom. The standard InChI is InChI=1S/C32H36N10O4S/c1-4-47(45,46)22-10-11-34-20(12-22)15-41-16-21(17-41)42-27-18-40(3)30-23(24(27)14-35-42)6-5-7-25(30)36-26-13-28(37-31(43)19-8-9-19)38-39-29(26)32(44)33-2/h5-7,10-14,19,21H,4,8-9,15-18H2,1-3H3,(H,33,44)(H2,36,37,38,43). The van der Waals surface area contributed by atoms with Crippen molar-refractivity contribution in [3.8, 4) is 11.1 Å². The first-order chi connectivity index (χ1) is 22.6. The van der Waals surface area contributed by atoms with E-state index < -0.39 is 15.7 Å². The van der Waals surface area contributed by atoms with Crippen LogP contribution in [0.4, 0.5) is 22.9 Å². The Balaban J connectivity index is 1.11. The van der Waals surface area contributed by atoms with Crippen LogP contribution in [-0.4, -0.2) is 83.0 Å². The molecule has 0 bridgehead atoms. The summed E-state index contributed by atoms with van der Waals surface area (Å²) >= 11 is 0. The molecule has 4 aromatic rings. The van der Waals surface area contributed by atoms with E-state index in [1.807, 2.05) is 25.4 Å². The van der Waals surface area contributed by atoms with Gasteiger partial charge in [-0.25, -0.2) is 8.42 Å². The van der Waals surface area contributed by atoms with Gasteiger partial charge in [-0.3, -0.25) is 24.2 Å². The molecule has 0 radical (unpaired) electrons. The number of amides is 2. The minimum Gasteiger partial charge on any atom is -0.366 e. The summed E-state index contributed by atoms with van der Waals surface area (Å²) in [6.07, 6.45) is 5.19. The zero-order valence-corrected chi connectivity index (χ0v) is 27.2. The van der Waals surface area contributed by atoms with Crippen LogP contribution in [0.3, 0.4) is 0 Å². The second-order valence-corrected chi connectivity index (χ2v) is 14.5. The second-order valence-electron chi connectivity index (χ2n) is 12.2. The van der Waals surface area contributed by atoms with E-state index in [-0.39, 0.29) is 35.1 Å². The summed E-state index contributed by atoms with van der Waals surface area (Å²) in [5.41, 5.74) is 6.15. The lowest BCUT2D eigenvalue weighted by atomic mass is 9.97. The van der Waals surface area contributed by atoms with Gasteiger partial charge in [-0.05, 0) is 31.0 Å². The van der Waals surface area contributed by atoms with Crippen LogP contribution in [0.1, 0.15) is 47.7 Å². The van der Waals surface area contributed by atoms with Crippen LogP contribution in [0, 0.1) is 5.92 Å². The molecular weight excluding hydrogens is 620 g/mol. The van der Waals surface area contributed by atoms with E-state index in [9.17, 15) is 18.0 Å². The van der Waals surface area contributed by atoms with Gasteiger partial charge in [0, 0.05) is 63.0 Å². The third-order valence-electron chi connectivity index (χ3n) is 8.89. The molecule has 0 unspecified atom stereocenters. The Bertz CT molecular complexity index is 1990. The number of benzene rings is 1. The molecule has 47 heavy (non-hydrogen) atoms. The Kier molecular flexibility index (Phi) is 7.88. The molecule has 2 fully saturated rings. The number of nitrogens with one attached hydrogen (secondary N) is 3. The molecule has 3 aromatic heterocycles. The lowest BCUT2D eigenvalue weighted by Gasteiger charge is -2.40. The van der Waals surface area contributed by atoms with Gasteiger partial charge in [0.1, 0.15) is 0 Å². The van der Waals surface area contributed by atoms with Crippen molar-refractivity contribution < 1.29 is 18.0 Å². The van der Waals surface area contributed by atoms with Crippen molar-refractivity contribution in [2.24, 2.45) is 5.92 Å². The predicted molar refractivity (Wildman–Crippen MR) is 176 cm³/mol. The number of hydrogen-bond acceptors (Lipinski definition) is 11. The van der Waals surface area contributed by atoms with Crippen molar-refractivity contribution >= 4 is 44.5 Å². The molecule has 15 heteroatoms. The van der Waals surface area contributed by atoms with Gasteiger partial charge < -0.3 is 20.9 Å². The van der Waals surface area contributed by atoms with E-state index in [1.54, 1.807) is 31.3 Å². The summed E-state index contributed by atoms with van der Waals surface area (Å²) in [7, 11) is 0.264. The molecule has 2 aliphatic heterocycles. The SMILES string of the molecule is CCS(=O)(=O)c1ccnc(CN2CC(n3ncc4c3CN(C)c3c(Nc5cc(NC(=O)C6CC6)nnc5C(=O)NC)cccc3-4)C2)c1. The van der Waals surface area contributed by atoms with Crippen LogP contribution < -0.4 is 20.9 Å². The zero-order valence-electron chi connectivity index (χ0n) is 26.4. The number of rotatable bonds is 10. The lowest BCUT2D eigenvalue weighted by molar-refractivity contribution is -0.117. The van der Waals surface area contributed by atoms with E-state index in [1.165, 1.54) is 7.05 Å². The number of carbonyl (C=O) groups is 2. The molecular formula is C32H36N10O4S. The lowest BCUT2D eigenvalue weighted by Crippen LogP contribution is -2.48. The fraction of sp³-hybridized carbons (Fsp3) is 0.375. The van der Waals surface area contributed by atoms with E-state index >= 15 is 0 Å². The van der Waals surface area contributed by atoms with E-state index in [0.29, 0.717) is 23.7 Å². The minimum atomic E-state index is -3.29. The van der Waals surface area contributed by atoms with Crippen LogP contribution in [0.25, 0.3) is 11.1 Å². The van der Waals surface area contributed by atoms with Crippen molar-refractivity contribution in [3.05, 3.63) is 65.9 Å². The fourth-order valence-electron chi connectivity index (χ4n) is 6.17. The smallest absolute Gasteiger partial charge is 0.273 e. The first-order valence-corrected chi connectivity index (χ1v) is 17.3. The van der Waals surface area contributed by atoms with Crippen molar-refractivity contribution in [2.75, 3.05) is 48.5 Å². The Hall–Kier alpha value is -4.89. The van der Waals surface area contributed by atoms with E-state index in [4.69, 9.17) is 5.10 Å². The molecule has 7 rings (SSSR count). The molecule has 5 heterocycles. The number of carbonyl (C=O) groups excluding carboxylic acids is 2. The molecule has 1 saturated carbocycles. The Morgan fingerprint density at radius 3 is 2.60 bits per heavy atom. The summed E-state index contributed by atoms with van der Waals surface area (Å²) in [5.74, 6) is -0.156. The van der Waals surface area contributed by atoms with E-state index in [2.05, 4.69) is 51.7 Å². The first-order valence-electron chi connectivity index (χ1n) is 15.6. The molecule has 244 valence electrons. The normalized spacial score (nSPS) is 16.2. The molecule has 14 nitrogen and oxygen atoms in total. The first kappa shape index (κ1) is 30.7. The van der Waals surface area contributed by atoms with Crippen LogP contribution >= 0.6 is 0 Å². The molecule has 2 amide bonds. The van der Waals surface area contributed by atoms with Gasteiger partial charge in [0.25, 0.3) is 5.91 Å². The van der Waals surface area contributed by atoms with Crippen LogP contribution in [0.5, 0.6) is 0 Å². The number of hydrogen-bond donors (Lipinski definition) is 3. The highest BCUT2D eigenvalue weighted by Crippen LogP contribution is 2.45. The Labute approximate surface area is 272 Å². The van der Waals surface area contributed by atoms with Gasteiger partial charge in [-0.2, -0.15) is 5.10 Å². The van der Waals surface area contributed by atoms with Crippen molar-refractivity contribution in [2.45, 2.75) is 43.8 Å². The number of sulfone groups is 1. The molecule has 0 atom stereocenters. The highest BCUT2D eigenvalue weighted by molar-refractivity contribution is 7.91. The third kappa shape index (κ3) is 5.91. The van der Waals surface area contributed by atoms with E-state index in [0.717, 1.165) is 59.8 Å². The number of para-hydroxylation sites is 1. The second kappa shape index (κ2) is 12.0. The molecule has 1 aromatic carbocycles. The van der Waals surface area contributed by atoms with Crippen LogP contribution in [0.15, 0.2) is 53.7 Å². The van der Waals surface area contributed by atoms with Gasteiger partial charge >= 0.3 is 0 Å². The largest absolute Gasteiger partial charge is 0.366 e. The predicted octanol–water partition coefficient (Wildman–Crippen LogP) is 2.99. The van der Waals surface area contributed by atoms with Crippen molar-refractivity contribution in [1.29, 1.82) is 0 Å². The monoisotopic (exact) mass is 656 g/mol. The molecule has 1 saturated heterocycles. The molecule has 1 aliphatic carbocycles. The summed E-state index contributed by atoms with van der Waals surface area (Å²) < 4.78 is 26.7. The third-order valence-corrected chi connectivity index (χ3v) is 10.6. The topological polar surface area (TPSA) is 167 Å². The average molecular weight is 657 g/mol. The summed E-state index contributed by atoms with van der Waals surface area (Å²) in [6, 6.07) is 11.0. The number of fused-ring (bicyclic) bond motifs is 3. The summed E-state index contributed by atoms with van der Waals surface area (Å²) in [4.78, 5) is 34.2. The number of pyridine rings is 1.